The van der Waals surface area contributed by atoms with Crippen molar-refractivity contribution >= 4 is 29.1 Å². The van der Waals surface area contributed by atoms with Crippen molar-refractivity contribution in [2.75, 3.05) is 13.1 Å². The number of carbonyl (C=O) groups excluding carboxylic acids is 2. The van der Waals surface area contributed by atoms with E-state index in [1.165, 1.54) is 11.3 Å². The number of hydrogen-bond donors (Lipinski definition) is 4. The van der Waals surface area contributed by atoms with Crippen molar-refractivity contribution in [1.82, 2.24) is 10.6 Å². The summed E-state index contributed by atoms with van der Waals surface area (Å²) in [5.74, 6) is -1.70. The van der Waals surface area contributed by atoms with Gasteiger partial charge in [0.2, 0.25) is 5.91 Å². The van der Waals surface area contributed by atoms with Gasteiger partial charge in [0.05, 0.1) is 4.88 Å². The molecule has 1 atom stereocenters. The van der Waals surface area contributed by atoms with Crippen LogP contribution in [0.3, 0.4) is 0 Å². The summed E-state index contributed by atoms with van der Waals surface area (Å²) in [7, 11) is 0. The summed E-state index contributed by atoms with van der Waals surface area (Å²) in [6.45, 7) is 0.496. The van der Waals surface area contributed by atoms with Gasteiger partial charge in [0, 0.05) is 25.9 Å². The summed E-state index contributed by atoms with van der Waals surface area (Å²) in [5, 5.41) is 24.5. The molecule has 8 heteroatoms. The molecule has 4 N–H and O–H groups in total. The van der Waals surface area contributed by atoms with E-state index in [-0.39, 0.29) is 31.2 Å². The maximum atomic E-state index is 11.6. The number of nitrogens with one attached hydrogen (secondary N) is 2. The standard InChI is InChI=1S/C13H18N2O5S/c16-9(13(19)20)5-7-14-11(17)4-1-6-15-12(18)10-3-2-8-21-10/h2-3,8-9,16H,1,4-7H2,(H,14,17)(H,15,18)(H,19,20)/t9-/m0/s1. The molecule has 0 saturated carbocycles. The smallest absolute Gasteiger partial charge is 0.332 e. The molecule has 0 radical (unpaired) electrons. The normalized spacial score (nSPS) is 11.7. The van der Waals surface area contributed by atoms with Crippen LogP contribution in [0.1, 0.15) is 28.9 Å². The van der Waals surface area contributed by atoms with Crippen molar-refractivity contribution in [3.8, 4) is 0 Å². The molecule has 1 aromatic heterocycles. The second-order valence-corrected chi connectivity index (χ2v) is 5.28. The predicted molar refractivity (Wildman–Crippen MR) is 77.2 cm³/mol. The Kier molecular flexibility index (Phi) is 7.41. The molecule has 7 nitrogen and oxygen atoms in total. The molecule has 0 aliphatic carbocycles. The lowest BCUT2D eigenvalue weighted by molar-refractivity contribution is -0.147. The zero-order valence-electron chi connectivity index (χ0n) is 11.4. The van der Waals surface area contributed by atoms with Crippen LogP contribution in [0.4, 0.5) is 0 Å². The molecule has 21 heavy (non-hydrogen) atoms. The zero-order chi connectivity index (χ0) is 15.7. The van der Waals surface area contributed by atoms with Crippen LogP contribution in [0.5, 0.6) is 0 Å². The zero-order valence-corrected chi connectivity index (χ0v) is 12.2. The van der Waals surface area contributed by atoms with E-state index in [0.29, 0.717) is 17.8 Å². The average Bonchev–Trinajstić information content (AvgIpc) is 2.97. The van der Waals surface area contributed by atoms with E-state index in [0.717, 1.165) is 0 Å². The Morgan fingerprint density at radius 3 is 2.62 bits per heavy atom. The van der Waals surface area contributed by atoms with Crippen LogP contribution in [0.15, 0.2) is 17.5 Å². The van der Waals surface area contributed by atoms with Gasteiger partial charge in [0.15, 0.2) is 6.10 Å². The molecule has 1 rings (SSSR count). The minimum atomic E-state index is -1.46. The van der Waals surface area contributed by atoms with Crippen LogP contribution in [-0.4, -0.2) is 47.2 Å². The summed E-state index contributed by atoms with van der Waals surface area (Å²) in [6, 6.07) is 3.51. The molecule has 0 spiro atoms. The SMILES string of the molecule is O=C(CCCNC(=O)c1cccs1)NCC[C@H](O)C(=O)O. The molecule has 0 unspecified atom stereocenters. The molecular formula is C13H18N2O5S. The Morgan fingerprint density at radius 2 is 2.00 bits per heavy atom. The lowest BCUT2D eigenvalue weighted by Crippen LogP contribution is -2.30. The van der Waals surface area contributed by atoms with Crippen LogP contribution >= 0.6 is 11.3 Å². The Morgan fingerprint density at radius 1 is 1.24 bits per heavy atom. The number of carboxylic acid groups (broad SMARTS) is 1. The first-order valence-electron chi connectivity index (χ1n) is 6.50. The number of aliphatic hydroxyl groups excluding tert-OH is 1. The number of thiophene rings is 1. The van der Waals surface area contributed by atoms with Crippen LogP contribution in [0.2, 0.25) is 0 Å². The summed E-state index contributed by atoms with van der Waals surface area (Å²) in [6.07, 6.45) is -0.774. The molecule has 0 bridgehead atoms. The summed E-state index contributed by atoms with van der Waals surface area (Å²) >= 11 is 1.35. The fraction of sp³-hybridized carbons (Fsp3) is 0.462. The lowest BCUT2D eigenvalue weighted by atomic mass is 10.2. The second kappa shape index (κ2) is 9.09. The van der Waals surface area contributed by atoms with Gasteiger partial charge in [-0.25, -0.2) is 4.79 Å². The minimum absolute atomic E-state index is 0.0316. The average molecular weight is 314 g/mol. The molecule has 116 valence electrons. The van der Waals surface area contributed by atoms with Crippen LogP contribution in [0.25, 0.3) is 0 Å². The predicted octanol–water partition coefficient (Wildman–Crippen LogP) is 0.210. The molecule has 1 heterocycles. The molecule has 0 saturated heterocycles. The van der Waals surface area contributed by atoms with Gasteiger partial charge in [0.25, 0.3) is 5.91 Å². The third kappa shape index (κ3) is 6.87. The second-order valence-electron chi connectivity index (χ2n) is 4.33. The van der Waals surface area contributed by atoms with Gasteiger partial charge in [-0.05, 0) is 17.9 Å². The molecule has 0 aliphatic rings. The number of carboxylic acids is 1. The fourth-order valence-electron chi connectivity index (χ4n) is 1.51. The largest absolute Gasteiger partial charge is 0.479 e. The maximum Gasteiger partial charge on any atom is 0.332 e. The molecule has 0 aromatic carbocycles. The minimum Gasteiger partial charge on any atom is -0.479 e. The first-order chi connectivity index (χ1) is 10.0. The number of aliphatic carboxylic acids is 1. The maximum absolute atomic E-state index is 11.6. The lowest BCUT2D eigenvalue weighted by Gasteiger charge is -2.07. The first-order valence-corrected chi connectivity index (χ1v) is 7.38. The monoisotopic (exact) mass is 314 g/mol. The molecule has 0 aliphatic heterocycles. The molecule has 1 aromatic rings. The van der Waals surface area contributed by atoms with Crippen molar-refractivity contribution in [1.29, 1.82) is 0 Å². The van der Waals surface area contributed by atoms with Crippen molar-refractivity contribution in [3.63, 3.8) is 0 Å². The van der Waals surface area contributed by atoms with E-state index in [1.54, 1.807) is 12.1 Å². The highest BCUT2D eigenvalue weighted by Gasteiger charge is 2.12. The van der Waals surface area contributed by atoms with Gasteiger partial charge in [-0.2, -0.15) is 0 Å². The van der Waals surface area contributed by atoms with E-state index >= 15 is 0 Å². The summed E-state index contributed by atoms with van der Waals surface area (Å²) < 4.78 is 0. The van der Waals surface area contributed by atoms with Crippen LogP contribution in [-0.2, 0) is 9.59 Å². The van der Waals surface area contributed by atoms with Crippen LogP contribution < -0.4 is 10.6 Å². The van der Waals surface area contributed by atoms with E-state index in [2.05, 4.69) is 10.6 Å². The number of rotatable bonds is 9. The van der Waals surface area contributed by atoms with Gasteiger partial charge in [-0.1, -0.05) is 6.07 Å². The Bertz CT molecular complexity index is 475. The number of aliphatic hydroxyl groups is 1. The Balaban J connectivity index is 2.06. The number of hydrogen-bond acceptors (Lipinski definition) is 5. The number of carbonyl (C=O) groups is 3. The van der Waals surface area contributed by atoms with Gasteiger partial charge in [0.1, 0.15) is 0 Å². The van der Waals surface area contributed by atoms with Gasteiger partial charge >= 0.3 is 5.97 Å². The first kappa shape index (κ1) is 17.1. The van der Waals surface area contributed by atoms with Gasteiger partial charge in [-0.15, -0.1) is 11.3 Å². The van der Waals surface area contributed by atoms with Gasteiger partial charge in [-0.3, -0.25) is 9.59 Å². The molecular weight excluding hydrogens is 296 g/mol. The summed E-state index contributed by atoms with van der Waals surface area (Å²) in [5.41, 5.74) is 0. The van der Waals surface area contributed by atoms with Crippen molar-refractivity contribution in [2.24, 2.45) is 0 Å². The summed E-state index contributed by atoms with van der Waals surface area (Å²) in [4.78, 5) is 34.0. The Labute approximate surface area is 126 Å². The van der Waals surface area contributed by atoms with E-state index in [9.17, 15) is 14.4 Å². The topological polar surface area (TPSA) is 116 Å². The quantitative estimate of drug-likeness (QED) is 0.486. The van der Waals surface area contributed by atoms with Crippen LogP contribution in [0, 0.1) is 0 Å². The highest BCUT2D eigenvalue weighted by atomic mass is 32.1. The highest BCUT2D eigenvalue weighted by Crippen LogP contribution is 2.07. The van der Waals surface area contributed by atoms with Crippen molar-refractivity contribution in [3.05, 3.63) is 22.4 Å². The highest BCUT2D eigenvalue weighted by molar-refractivity contribution is 7.12. The van der Waals surface area contributed by atoms with E-state index in [1.807, 2.05) is 5.38 Å². The van der Waals surface area contributed by atoms with Crippen molar-refractivity contribution < 1.29 is 24.6 Å². The Hall–Kier alpha value is -1.93. The number of amides is 2. The van der Waals surface area contributed by atoms with Crippen molar-refractivity contribution in [2.45, 2.75) is 25.4 Å². The third-order valence-electron chi connectivity index (χ3n) is 2.64. The van der Waals surface area contributed by atoms with Gasteiger partial charge < -0.3 is 20.8 Å². The van der Waals surface area contributed by atoms with E-state index < -0.39 is 12.1 Å². The molecule has 0 fully saturated rings. The van der Waals surface area contributed by atoms with E-state index in [4.69, 9.17) is 10.2 Å². The molecule has 2 amide bonds. The third-order valence-corrected chi connectivity index (χ3v) is 3.50. The fourth-order valence-corrected chi connectivity index (χ4v) is 2.15.